The third-order valence-electron chi connectivity index (χ3n) is 13.8. The van der Waals surface area contributed by atoms with E-state index in [-0.39, 0.29) is 0 Å². The molecule has 2 heterocycles. The lowest BCUT2D eigenvalue weighted by molar-refractivity contribution is 1.07. The van der Waals surface area contributed by atoms with Crippen molar-refractivity contribution in [3.8, 4) is 113 Å². The van der Waals surface area contributed by atoms with Crippen molar-refractivity contribution in [2.45, 2.75) is 0 Å². The molecule has 0 unspecified atom stereocenters. The number of rotatable bonds is 10. The summed E-state index contributed by atoms with van der Waals surface area (Å²) in [5.74, 6) is 2.54. The van der Waals surface area contributed by atoms with Crippen molar-refractivity contribution >= 4 is 21.5 Å². The van der Waals surface area contributed by atoms with E-state index in [4.69, 9.17) is 24.9 Å². The van der Waals surface area contributed by atoms with Crippen molar-refractivity contribution < 1.29 is 0 Å². The standard InChI is InChI=1S/C69H45N5/c1-5-21-48(22-6-1)62-45-63(71-66(70-62)52-23-7-2-8-24-52)49-35-37-50(38-36-49)64-60(58-33-17-29-46-19-13-15-31-56(46)58)43-44-61(59-34-18-30-47-20-14-16-32-57(47)59)65(64)51-39-41-55(42-40-51)69-73-67(53-25-9-3-10-26-53)72-68(74-69)54-27-11-4-12-28-54/h1-45H. The Morgan fingerprint density at radius 1 is 0.189 bits per heavy atom. The first-order valence-corrected chi connectivity index (χ1v) is 24.9. The van der Waals surface area contributed by atoms with Crippen molar-refractivity contribution in [3.63, 3.8) is 0 Å². The van der Waals surface area contributed by atoms with E-state index in [1.807, 2.05) is 84.9 Å². The zero-order valence-corrected chi connectivity index (χ0v) is 40.2. The Morgan fingerprint density at radius 3 is 0.905 bits per heavy atom. The molecule has 346 valence electrons. The van der Waals surface area contributed by atoms with Crippen LogP contribution >= 0.6 is 0 Å². The van der Waals surface area contributed by atoms with E-state index in [2.05, 4.69) is 188 Å². The highest BCUT2D eigenvalue weighted by atomic mass is 15.0. The number of hydrogen-bond donors (Lipinski definition) is 0. The summed E-state index contributed by atoms with van der Waals surface area (Å²) in [4.78, 5) is 25.4. The molecule has 13 aromatic rings. The summed E-state index contributed by atoms with van der Waals surface area (Å²) in [6.07, 6.45) is 0. The highest BCUT2D eigenvalue weighted by Gasteiger charge is 2.23. The van der Waals surface area contributed by atoms with E-state index >= 15 is 0 Å². The highest BCUT2D eigenvalue weighted by Crippen LogP contribution is 2.48. The maximum atomic E-state index is 5.20. The van der Waals surface area contributed by atoms with E-state index in [0.717, 1.165) is 89.3 Å². The van der Waals surface area contributed by atoms with E-state index in [0.29, 0.717) is 23.3 Å². The molecule has 0 amide bonds. The van der Waals surface area contributed by atoms with Gasteiger partial charge < -0.3 is 0 Å². The van der Waals surface area contributed by atoms with Gasteiger partial charge in [0.25, 0.3) is 0 Å². The molecule has 2 aromatic heterocycles. The monoisotopic (exact) mass is 943 g/mol. The zero-order chi connectivity index (χ0) is 49.2. The summed E-state index contributed by atoms with van der Waals surface area (Å²) in [5.41, 5.74) is 16.4. The van der Waals surface area contributed by atoms with Crippen LogP contribution in [0.15, 0.2) is 273 Å². The Hall–Kier alpha value is -9.97. The maximum absolute atomic E-state index is 5.20. The largest absolute Gasteiger partial charge is 0.228 e. The number of aromatic nitrogens is 5. The summed E-state index contributed by atoms with van der Waals surface area (Å²) in [6.45, 7) is 0. The average molecular weight is 944 g/mol. The molecule has 5 heteroatoms. The molecule has 0 aliphatic rings. The summed E-state index contributed by atoms with van der Waals surface area (Å²) in [7, 11) is 0. The van der Waals surface area contributed by atoms with Crippen LogP contribution in [0.3, 0.4) is 0 Å². The van der Waals surface area contributed by atoms with Crippen molar-refractivity contribution in [1.29, 1.82) is 0 Å². The molecule has 0 saturated heterocycles. The second-order valence-corrected chi connectivity index (χ2v) is 18.4. The Kier molecular flexibility index (Phi) is 11.5. The van der Waals surface area contributed by atoms with Gasteiger partial charge in [0.15, 0.2) is 23.3 Å². The van der Waals surface area contributed by atoms with E-state index in [1.54, 1.807) is 0 Å². The molecule has 0 N–H and O–H groups in total. The minimum atomic E-state index is 0.606. The SMILES string of the molecule is c1ccc(-c2cc(-c3ccc(-c4c(-c5cccc6ccccc56)ccc(-c5cccc6ccccc56)c4-c4ccc(-c5nc(-c6ccccc6)nc(-c6ccccc6)n5)cc4)cc3)nc(-c3ccccc3)n2)cc1. The molecule has 0 aliphatic heterocycles. The lowest BCUT2D eigenvalue weighted by atomic mass is 9.81. The molecule has 5 nitrogen and oxygen atoms in total. The molecule has 0 aliphatic carbocycles. The van der Waals surface area contributed by atoms with Crippen molar-refractivity contribution in [2.24, 2.45) is 0 Å². The summed E-state index contributed by atoms with van der Waals surface area (Å²) in [6, 6.07) is 95.8. The first-order valence-electron chi connectivity index (χ1n) is 24.9. The van der Waals surface area contributed by atoms with Gasteiger partial charge in [-0.15, -0.1) is 0 Å². The molecular formula is C69H45N5. The van der Waals surface area contributed by atoms with Crippen molar-refractivity contribution in [2.75, 3.05) is 0 Å². The van der Waals surface area contributed by atoms with Crippen LogP contribution in [0.4, 0.5) is 0 Å². The van der Waals surface area contributed by atoms with Crippen LogP contribution in [0.2, 0.25) is 0 Å². The normalized spacial score (nSPS) is 11.2. The Bertz CT molecular complexity index is 3740. The van der Waals surface area contributed by atoms with Gasteiger partial charge in [0.05, 0.1) is 11.4 Å². The van der Waals surface area contributed by atoms with Gasteiger partial charge in [-0.3, -0.25) is 0 Å². The first kappa shape index (κ1) is 44.0. The molecule has 11 aromatic carbocycles. The predicted molar refractivity (Wildman–Crippen MR) is 305 cm³/mol. The summed E-state index contributed by atoms with van der Waals surface area (Å²) >= 11 is 0. The zero-order valence-electron chi connectivity index (χ0n) is 40.2. The van der Waals surface area contributed by atoms with Gasteiger partial charge in [-0.05, 0) is 72.1 Å². The molecule has 0 atom stereocenters. The number of benzene rings is 11. The summed E-state index contributed by atoms with van der Waals surface area (Å²) in [5, 5.41) is 4.74. The van der Waals surface area contributed by atoms with Gasteiger partial charge in [-0.1, -0.05) is 267 Å². The molecule has 0 fully saturated rings. The van der Waals surface area contributed by atoms with Crippen LogP contribution in [0.1, 0.15) is 0 Å². The molecule has 0 radical (unpaired) electrons. The average Bonchev–Trinajstić information content (AvgIpc) is 3.49. The third-order valence-corrected chi connectivity index (χ3v) is 13.8. The quantitative estimate of drug-likeness (QED) is 0.137. The lowest BCUT2D eigenvalue weighted by Crippen LogP contribution is -2.00. The fourth-order valence-corrected chi connectivity index (χ4v) is 10.2. The van der Waals surface area contributed by atoms with Gasteiger partial charge in [-0.2, -0.15) is 0 Å². The highest BCUT2D eigenvalue weighted by molar-refractivity contribution is 6.10. The van der Waals surface area contributed by atoms with E-state index in [1.165, 1.54) is 21.5 Å². The lowest BCUT2D eigenvalue weighted by Gasteiger charge is -2.22. The van der Waals surface area contributed by atoms with Gasteiger partial charge in [-0.25, -0.2) is 24.9 Å². The van der Waals surface area contributed by atoms with E-state index < -0.39 is 0 Å². The molecule has 0 saturated carbocycles. The fraction of sp³-hybridized carbons (Fsp3) is 0. The number of fused-ring (bicyclic) bond motifs is 2. The third kappa shape index (κ3) is 8.48. The minimum Gasteiger partial charge on any atom is -0.228 e. The number of hydrogen-bond acceptors (Lipinski definition) is 5. The molecule has 13 rings (SSSR count). The smallest absolute Gasteiger partial charge is 0.164 e. The van der Waals surface area contributed by atoms with Crippen molar-refractivity contribution in [1.82, 2.24) is 24.9 Å². The second-order valence-electron chi connectivity index (χ2n) is 18.4. The first-order chi connectivity index (χ1) is 36.7. The maximum Gasteiger partial charge on any atom is 0.164 e. The molecule has 0 spiro atoms. The van der Waals surface area contributed by atoms with Gasteiger partial charge in [0, 0.05) is 33.4 Å². The summed E-state index contributed by atoms with van der Waals surface area (Å²) < 4.78 is 0. The Morgan fingerprint density at radius 2 is 0.486 bits per heavy atom. The van der Waals surface area contributed by atoms with Gasteiger partial charge in [0.1, 0.15) is 0 Å². The van der Waals surface area contributed by atoms with Gasteiger partial charge in [0.2, 0.25) is 0 Å². The van der Waals surface area contributed by atoms with Crippen LogP contribution in [0, 0.1) is 0 Å². The van der Waals surface area contributed by atoms with Crippen LogP contribution < -0.4 is 0 Å². The van der Waals surface area contributed by atoms with Gasteiger partial charge >= 0.3 is 0 Å². The molecule has 74 heavy (non-hydrogen) atoms. The minimum absolute atomic E-state index is 0.606. The van der Waals surface area contributed by atoms with Crippen LogP contribution in [0.25, 0.3) is 134 Å². The molecule has 0 bridgehead atoms. The Balaban J connectivity index is 1.03. The Labute approximate surface area is 429 Å². The predicted octanol–water partition coefficient (Wildman–Crippen LogP) is 17.6. The van der Waals surface area contributed by atoms with Crippen molar-refractivity contribution in [3.05, 3.63) is 273 Å². The topological polar surface area (TPSA) is 64.5 Å². The number of nitrogens with zero attached hydrogens (tertiary/aromatic N) is 5. The van der Waals surface area contributed by atoms with Crippen LogP contribution in [0.5, 0.6) is 0 Å². The van der Waals surface area contributed by atoms with Crippen LogP contribution in [-0.2, 0) is 0 Å². The molecular weight excluding hydrogens is 899 g/mol. The van der Waals surface area contributed by atoms with E-state index in [9.17, 15) is 0 Å². The van der Waals surface area contributed by atoms with Crippen LogP contribution in [-0.4, -0.2) is 24.9 Å². The fourth-order valence-electron chi connectivity index (χ4n) is 10.2. The second kappa shape index (κ2) is 19.3.